The van der Waals surface area contributed by atoms with Crippen molar-refractivity contribution in [2.45, 2.75) is 25.3 Å². The summed E-state index contributed by atoms with van der Waals surface area (Å²) in [5.74, 6) is -0.179. The molecule has 4 nitrogen and oxygen atoms in total. The van der Waals surface area contributed by atoms with Crippen LogP contribution in [0.25, 0.3) is 0 Å². The number of ether oxygens (including phenoxy) is 1. The first-order chi connectivity index (χ1) is 9.20. The van der Waals surface area contributed by atoms with E-state index >= 15 is 0 Å². The van der Waals surface area contributed by atoms with Gasteiger partial charge in [0.05, 0.1) is 12.6 Å². The van der Waals surface area contributed by atoms with Crippen molar-refractivity contribution >= 4 is 6.09 Å². The zero-order chi connectivity index (χ0) is 13.7. The van der Waals surface area contributed by atoms with Gasteiger partial charge in [0.15, 0.2) is 0 Å². The SMILES string of the molecule is CCCOC(=O)N[C@@H]1CNC[C@H]1c1cccc(F)c1. The van der Waals surface area contributed by atoms with Crippen molar-refractivity contribution in [3.05, 3.63) is 35.6 Å². The maximum absolute atomic E-state index is 13.2. The minimum atomic E-state index is -0.406. The van der Waals surface area contributed by atoms with Crippen LogP contribution in [-0.4, -0.2) is 31.8 Å². The minimum absolute atomic E-state index is 0.0637. The lowest BCUT2D eigenvalue weighted by Crippen LogP contribution is -2.39. The van der Waals surface area contributed by atoms with Crippen LogP contribution < -0.4 is 10.6 Å². The molecule has 2 N–H and O–H groups in total. The van der Waals surface area contributed by atoms with Crippen LogP contribution in [0.5, 0.6) is 0 Å². The summed E-state index contributed by atoms with van der Waals surface area (Å²) in [5.41, 5.74) is 0.894. The van der Waals surface area contributed by atoms with Crippen LogP contribution in [0.15, 0.2) is 24.3 Å². The fourth-order valence-electron chi connectivity index (χ4n) is 2.31. The second kappa shape index (κ2) is 6.52. The van der Waals surface area contributed by atoms with E-state index in [-0.39, 0.29) is 17.8 Å². The number of benzene rings is 1. The molecule has 1 amide bonds. The van der Waals surface area contributed by atoms with Gasteiger partial charge in [0.2, 0.25) is 0 Å². The van der Waals surface area contributed by atoms with Crippen molar-refractivity contribution in [2.75, 3.05) is 19.7 Å². The quantitative estimate of drug-likeness (QED) is 0.876. The lowest BCUT2D eigenvalue weighted by atomic mass is 9.94. The topological polar surface area (TPSA) is 50.4 Å². The Bertz CT molecular complexity index is 439. The number of hydrogen-bond donors (Lipinski definition) is 2. The minimum Gasteiger partial charge on any atom is -0.450 e. The zero-order valence-corrected chi connectivity index (χ0v) is 11.0. The van der Waals surface area contributed by atoms with Gasteiger partial charge >= 0.3 is 6.09 Å². The summed E-state index contributed by atoms with van der Waals surface area (Å²) in [5, 5.41) is 6.04. The molecule has 19 heavy (non-hydrogen) atoms. The van der Waals surface area contributed by atoms with Crippen molar-refractivity contribution in [2.24, 2.45) is 0 Å². The number of carbonyl (C=O) groups is 1. The predicted octanol–water partition coefficient (Wildman–Crippen LogP) is 2.02. The standard InChI is InChI=1S/C14H19FN2O2/c1-2-6-19-14(18)17-13-9-16-8-12(13)10-4-3-5-11(15)7-10/h3-5,7,12-13,16H,2,6,8-9H2,1H3,(H,17,18)/t12-,13+/m0/s1. The van der Waals surface area contributed by atoms with E-state index in [2.05, 4.69) is 10.6 Å². The monoisotopic (exact) mass is 266 g/mol. The maximum Gasteiger partial charge on any atom is 0.407 e. The number of halogens is 1. The fourth-order valence-corrected chi connectivity index (χ4v) is 2.31. The van der Waals surface area contributed by atoms with Gasteiger partial charge < -0.3 is 15.4 Å². The highest BCUT2D eigenvalue weighted by molar-refractivity contribution is 5.67. The summed E-state index contributed by atoms with van der Waals surface area (Å²) in [6, 6.07) is 6.45. The molecule has 1 heterocycles. The summed E-state index contributed by atoms with van der Waals surface area (Å²) in [6.07, 6.45) is 0.390. The van der Waals surface area contributed by atoms with E-state index in [1.165, 1.54) is 12.1 Å². The third-order valence-corrected chi connectivity index (χ3v) is 3.23. The molecule has 0 aromatic heterocycles. The highest BCUT2D eigenvalue weighted by Gasteiger charge is 2.30. The molecule has 2 atom stereocenters. The molecular weight excluding hydrogens is 247 g/mol. The van der Waals surface area contributed by atoms with Crippen LogP contribution in [0.3, 0.4) is 0 Å². The Hall–Kier alpha value is -1.62. The summed E-state index contributed by atoms with van der Waals surface area (Å²) in [4.78, 5) is 11.6. The van der Waals surface area contributed by atoms with E-state index in [4.69, 9.17) is 4.74 Å². The van der Waals surface area contributed by atoms with Gasteiger partial charge in [-0.15, -0.1) is 0 Å². The molecule has 1 aromatic rings. The molecule has 104 valence electrons. The van der Waals surface area contributed by atoms with Gasteiger partial charge in [-0.3, -0.25) is 0 Å². The summed E-state index contributed by atoms with van der Waals surface area (Å²) in [6.45, 7) is 3.75. The van der Waals surface area contributed by atoms with Crippen molar-refractivity contribution in [3.63, 3.8) is 0 Å². The molecule has 0 saturated carbocycles. The molecule has 0 unspecified atom stereocenters. The first-order valence-electron chi connectivity index (χ1n) is 6.60. The van der Waals surface area contributed by atoms with Crippen LogP contribution in [0.1, 0.15) is 24.8 Å². The third kappa shape index (κ3) is 3.67. The van der Waals surface area contributed by atoms with Crippen LogP contribution in [0.4, 0.5) is 9.18 Å². The number of carbonyl (C=O) groups excluding carboxylic acids is 1. The molecule has 1 saturated heterocycles. The van der Waals surface area contributed by atoms with E-state index < -0.39 is 6.09 Å². The Labute approximate surface area is 112 Å². The highest BCUT2D eigenvalue weighted by Crippen LogP contribution is 2.23. The smallest absolute Gasteiger partial charge is 0.407 e. The van der Waals surface area contributed by atoms with Crippen LogP contribution in [0, 0.1) is 5.82 Å². The summed E-state index contributed by atoms with van der Waals surface area (Å²) in [7, 11) is 0. The third-order valence-electron chi connectivity index (χ3n) is 3.23. The second-order valence-electron chi connectivity index (χ2n) is 4.71. The zero-order valence-electron chi connectivity index (χ0n) is 11.0. The van der Waals surface area contributed by atoms with E-state index in [1.54, 1.807) is 6.07 Å². The van der Waals surface area contributed by atoms with Gasteiger partial charge in [-0.05, 0) is 24.1 Å². The van der Waals surface area contributed by atoms with E-state index in [0.29, 0.717) is 13.2 Å². The Balaban J connectivity index is 1.99. The molecule has 1 aliphatic heterocycles. The van der Waals surface area contributed by atoms with Crippen LogP contribution in [-0.2, 0) is 4.74 Å². The number of rotatable bonds is 4. The van der Waals surface area contributed by atoms with Crippen molar-refractivity contribution in [3.8, 4) is 0 Å². The van der Waals surface area contributed by atoms with E-state index in [0.717, 1.165) is 18.5 Å². The lowest BCUT2D eigenvalue weighted by Gasteiger charge is -2.20. The number of amides is 1. The largest absolute Gasteiger partial charge is 0.450 e. The molecule has 0 spiro atoms. The number of alkyl carbamates (subject to hydrolysis) is 1. The van der Waals surface area contributed by atoms with Gasteiger partial charge in [-0.25, -0.2) is 9.18 Å². The fraction of sp³-hybridized carbons (Fsp3) is 0.500. The number of hydrogen-bond acceptors (Lipinski definition) is 3. The van der Waals surface area contributed by atoms with Gasteiger partial charge in [-0.1, -0.05) is 19.1 Å². The average molecular weight is 266 g/mol. The van der Waals surface area contributed by atoms with Crippen LogP contribution >= 0.6 is 0 Å². The second-order valence-corrected chi connectivity index (χ2v) is 4.71. The first-order valence-corrected chi connectivity index (χ1v) is 6.60. The lowest BCUT2D eigenvalue weighted by molar-refractivity contribution is 0.142. The summed E-state index contributed by atoms with van der Waals surface area (Å²) >= 11 is 0. The van der Waals surface area contributed by atoms with E-state index in [1.807, 2.05) is 13.0 Å². The highest BCUT2D eigenvalue weighted by atomic mass is 19.1. The van der Waals surface area contributed by atoms with Crippen molar-refractivity contribution < 1.29 is 13.9 Å². The predicted molar refractivity (Wildman–Crippen MR) is 70.6 cm³/mol. The summed E-state index contributed by atoms with van der Waals surface area (Å²) < 4.78 is 18.3. The number of nitrogens with one attached hydrogen (secondary N) is 2. The Morgan fingerprint density at radius 2 is 2.37 bits per heavy atom. The van der Waals surface area contributed by atoms with E-state index in [9.17, 15) is 9.18 Å². The van der Waals surface area contributed by atoms with Crippen molar-refractivity contribution in [1.29, 1.82) is 0 Å². The molecule has 2 rings (SSSR count). The van der Waals surface area contributed by atoms with Crippen LogP contribution in [0.2, 0.25) is 0 Å². The molecule has 0 aliphatic carbocycles. The Kier molecular flexibility index (Phi) is 4.74. The van der Waals surface area contributed by atoms with Gasteiger partial charge in [0.1, 0.15) is 5.82 Å². The Morgan fingerprint density at radius 1 is 1.53 bits per heavy atom. The maximum atomic E-state index is 13.2. The molecule has 1 fully saturated rings. The van der Waals surface area contributed by atoms with Gasteiger partial charge in [-0.2, -0.15) is 0 Å². The first kappa shape index (κ1) is 13.8. The molecule has 0 radical (unpaired) electrons. The molecule has 1 aromatic carbocycles. The molecule has 1 aliphatic rings. The van der Waals surface area contributed by atoms with Crippen molar-refractivity contribution in [1.82, 2.24) is 10.6 Å². The average Bonchev–Trinajstić information content (AvgIpc) is 2.84. The molecule has 5 heteroatoms. The Morgan fingerprint density at radius 3 is 3.11 bits per heavy atom. The molecular formula is C14H19FN2O2. The van der Waals surface area contributed by atoms with Gasteiger partial charge in [0, 0.05) is 19.0 Å². The molecule has 0 bridgehead atoms. The normalized spacial score (nSPS) is 22.2. The van der Waals surface area contributed by atoms with Gasteiger partial charge in [0.25, 0.3) is 0 Å².